The van der Waals surface area contributed by atoms with Crippen molar-refractivity contribution in [1.29, 1.82) is 0 Å². The summed E-state index contributed by atoms with van der Waals surface area (Å²) < 4.78 is 0. The Bertz CT molecular complexity index is 337. The molecular weight excluding hydrogens is 190 g/mol. The first-order chi connectivity index (χ1) is 6.65. The summed E-state index contributed by atoms with van der Waals surface area (Å²) in [6.07, 6.45) is 4.38. The molecule has 0 spiro atoms. The van der Waals surface area contributed by atoms with E-state index < -0.39 is 0 Å². The van der Waals surface area contributed by atoms with Gasteiger partial charge < -0.3 is 0 Å². The van der Waals surface area contributed by atoms with Crippen LogP contribution in [-0.2, 0) is 5.41 Å². The fraction of sp³-hybridized carbons (Fsp3) is 0.583. The molecule has 0 bridgehead atoms. The average Bonchev–Trinajstić information content (AvgIpc) is 2.17. The molecule has 2 heteroatoms. The summed E-state index contributed by atoms with van der Waals surface area (Å²) in [5.41, 5.74) is 1.79. The van der Waals surface area contributed by atoms with E-state index in [1.54, 1.807) is 0 Å². The lowest BCUT2D eigenvalue weighted by molar-refractivity contribution is 0.401. The molecule has 0 saturated carbocycles. The van der Waals surface area contributed by atoms with Crippen molar-refractivity contribution >= 4 is 11.8 Å². The molecule has 0 fully saturated rings. The van der Waals surface area contributed by atoms with Gasteiger partial charge in [0.15, 0.2) is 0 Å². The minimum absolute atomic E-state index is 0.342. The van der Waals surface area contributed by atoms with E-state index in [9.17, 15) is 0 Å². The zero-order valence-corrected chi connectivity index (χ0v) is 9.90. The molecule has 0 N–H and O–H groups in total. The third kappa shape index (κ3) is 1.56. The van der Waals surface area contributed by atoms with Crippen molar-refractivity contribution in [1.82, 2.24) is 4.98 Å². The highest BCUT2D eigenvalue weighted by molar-refractivity contribution is 7.99. The number of hydrogen-bond acceptors (Lipinski definition) is 2. The summed E-state index contributed by atoms with van der Waals surface area (Å²) in [5, 5.41) is 1.94. The fourth-order valence-electron chi connectivity index (χ4n) is 2.26. The minimum atomic E-state index is 0.342. The Morgan fingerprint density at radius 3 is 3.14 bits per heavy atom. The summed E-state index contributed by atoms with van der Waals surface area (Å²) in [6.45, 7) is 6.94. The van der Waals surface area contributed by atoms with E-state index >= 15 is 0 Å². The van der Waals surface area contributed by atoms with Crippen molar-refractivity contribution < 1.29 is 0 Å². The van der Waals surface area contributed by atoms with Crippen LogP contribution < -0.4 is 0 Å². The largest absolute Gasteiger partial charge is 0.250 e. The van der Waals surface area contributed by atoms with Crippen LogP contribution in [0, 0.1) is 0 Å². The lowest BCUT2D eigenvalue weighted by Crippen LogP contribution is -2.29. The van der Waals surface area contributed by atoms with Gasteiger partial charge in [-0.05, 0) is 29.9 Å². The Morgan fingerprint density at radius 2 is 2.43 bits per heavy atom. The van der Waals surface area contributed by atoms with Crippen LogP contribution in [0.4, 0.5) is 0 Å². The van der Waals surface area contributed by atoms with E-state index in [1.165, 1.54) is 23.4 Å². The summed E-state index contributed by atoms with van der Waals surface area (Å²) >= 11 is 1.92. The summed E-state index contributed by atoms with van der Waals surface area (Å²) in [7, 11) is 0. The van der Waals surface area contributed by atoms with Crippen molar-refractivity contribution in [2.75, 3.05) is 0 Å². The normalized spacial score (nSPS) is 31.2. The predicted molar refractivity (Wildman–Crippen MR) is 61.8 cm³/mol. The Morgan fingerprint density at radius 1 is 1.64 bits per heavy atom. The molecule has 1 aliphatic heterocycles. The molecule has 2 atom stereocenters. The first kappa shape index (κ1) is 10.0. The fourth-order valence-corrected chi connectivity index (χ4v) is 3.65. The molecule has 0 aliphatic carbocycles. The van der Waals surface area contributed by atoms with E-state index in [0.717, 1.165) is 0 Å². The van der Waals surface area contributed by atoms with Crippen LogP contribution in [0.3, 0.4) is 0 Å². The Balaban J connectivity index is 2.48. The number of hydrogen-bond donors (Lipinski definition) is 0. The number of aromatic nitrogens is 1. The molecular formula is C12H17NS. The van der Waals surface area contributed by atoms with Crippen LogP contribution in [0.1, 0.15) is 39.2 Å². The van der Waals surface area contributed by atoms with Crippen LogP contribution in [0.25, 0.3) is 0 Å². The third-order valence-electron chi connectivity index (χ3n) is 3.25. The van der Waals surface area contributed by atoms with E-state index in [-0.39, 0.29) is 0 Å². The van der Waals surface area contributed by atoms with Gasteiger partial charge in [-0.3, -0.25) is 0 Å². The molecule has 0 radical (unpaired) electrons. The van der Waals surface area contributed by atoms with Gasteiger partial charge in [0, 0.05) is 11.4 Å². The van der Waals surface area contributed by atoms with E-state index in [1.807, 2.05) is 18.0 Å². The van der Waals surface area contributed by atoms with Crippen LogP contribution in [0.2, 0.25) is 0 Å². The second-order valence-electron chi connectivity index (χ2n) is 4.40. The van der Waals surface area contributed by atoms with E-state index in [2.05, 4.69) is 37.9 Å². The van der Waals surface area contributed by atoms with Gasteiger partial charge in [-0.25, -0.2) is 4.98 Å². The smallest absolute Gasteiger partial charge is 0.0999 e. The summed E-state index contributed by atoms with van der Waals surface area (Å²) in [5.74, 6) is 0. The van der Waals surface area contributed by atoms with Crippen molar-refractivity contribution in [3.8, 4) is 0 Å². The molecule has 2 unspecified atom stereocenters. The number of nitrogens with zero attached hydrogens (tertiary/aromatic N) is 1. The van der Waals surface area contributed by atoms with Crippen molar-refractivity contribution in [2.45, 2.75) is 49.3 Å². The number of pyridine rings is 1. The van der Waals surface area contributed by atoms with Gasteiger partial charge in [-0.15, -0.1) is 11.8 Å². The lowest BCUT2D eigenvalue weighted by Gasteiger charge is -2.37. The second kappa shape index (κ2) is 3.58. The zero-order chi connectivity index (χ0) is 10.2. The number of rotatable bonds is 1. The quantitative estimate of drug-likeness (QED) is 0.697. The Labute approximate surface area is 90.3 Å². The first-order valence-corrected chi connectivity index (χ1v) is 6.16. The van der Waals surface area contributed by atoms with Gasteiger partial charge in [0.05, 0.1) is 5.03 Å². The van der Waals surface area contributed by atoms with Crippen LogP contribution in [0.5, 0.6) is 0 Å². The zero-order valence-electron chi connectivity index (χ0n) is 9.08. The highest BCUT2D eigenvalue weighted by Crippen LogP contribution is 2.45. The Hall–Kier alpha value is -0.500. The molecule has 1 nitrogen and oxygen atoms in total. The maximum Gasteiger partial charge on any atom is 0.0999 e. The van der Waals surface area contributed by atoms with Gasteiger partial charge in [0.1, 0.15) is 0 Å². The highest BCUT2D eigenvalue weighted by atomic mass is 32.2. The van der Waals surface area contributed by atoms with Crippen molar-refractivity contribution in [2.24, 2.45) is 0 Å². The molecule has 0 saturated heterocycles. The third-order valence-corrected chi connectivity index (χ3v) is 4.37. The standard InChI is InChI=1S/C12H17NS/c1-4-12(3)8-9(2)14-11-10(12)6-5-7-13-11/h5-7,9H,4,8H2,1-3H3. The van der Waals surface area contributed by atoms with Crippen molar-refractivity contribution in [3.63, 3.8) is 0 Å². The van der Waals surface area contributed by atoms with Crippen molar-refractivity contribution in [3.05, 3.63) is 23.9 Å². The molecule has 1 aromatic heterocycles. The number of thioether (sulfide) groups is 1. The molecule has 1 aromatic rings. The minimum Gasteiger partial charge on any atom is -0.250 e. The Kier molecular flexibility index (Phi) is 2.56. The van der Waals surface area contributed by atoms with Crippen LogP contribution in [-0.4, -0.2) is 10.2 Å². The summed E-state index contributed by atoms with van der Waals surface area (Å²) in [4.78, 5) is 4.48. The second-order valence-corrected chi connectivity index (χ2v) is 5.83. The molecule has 2 rings (SSSR count). The van der Waals surface area contributed by atoms with Crippen LogP contribution in [0.15, 0.2) is 23.4 Å². The first-order valence-electron chi connectivity index (χ1n) is 5.28. The van der Waals surface area contributed by atoms with Crippen LogP contribution >= 0.6 is 11.8 Å². The highest BCUT2D eigenvalue weighted by Gasteiger charge is 2.34. The monoisotopic (exact) mass is 207 g/mol. The molecule has 2 heterocycles. The van der Waals surface area contributed by atoms with Gasteiger partial charge in [-0.2, -0.15) is 0 Å². The number of fused-ring (bicyclic) bond motifs is 1. The van der Waals surface area contributed by atoms with Gasteiger partial charge in [0.2, 0.25) is 0 Å². The van der Waals surface area contributed by atoms with E-state index in [0.29, 0.717) is 10.7 Å². The van der Waals surface area contributed by atoms with Gasteiger partial charge >= 0.3 is 0 Å². The lowest BCUT2D eigenvalue weighted by atomic mass is 9.77. The van der Waals surface area contributed by atoms with Gasteiger partial charge in [0.25, 0.3) is 0 Å². The molecule has 1 aliphatic rings. The molecule has 76 valence electrons. The SMILES string of the molecule is CCC1(C)CC(C)Sc2ncccc21. The topological polar surface area (TPSA) is 12.9 Å². The average molecular weight is 207 g/mol. The molecule has 14 heavy (non-hydrogen) atoms. The molecule has 0 aromatic carbocycles. The predicted octanol–water partition coefficient (Wildman–Crippen LogP) is 3.63. The maximum absolute atomic E-state index is 4.48. The molecule has 0 amide bonds. The van der Waals surface area contributed by atoms with Gasteiger partial charge in [-0.1, -0.05) is 26.8 Å². The maximum atomic E-state index is 4.48. The van der Waals surface area contributed by atoms with E-state index in [4.69, 9.17) is 0 Å². The summed E-state index contributed by atoms with van der Waals surface area (Å²) in [6, 6.07) is 4.30.